The number of allylic oxidation sites excluding steroid dienone is 3. The molecule has 1 aliphatic heterocycles. The van der Waals surface area contributed by atoms with E-state index < -0.39 is 161 Å². The Balaban J connectivity index is 4.43. The quantitative estimate of drug-likeness (QED) is 0.102. The minimum absolute atomic E-state index is 0.0638. The van der Waals surface area contributed by atoms with Crippen LogP contribution in [0, 0.1) is 29.6 Å². The summed E-state index contributed by atoms with van der Waals surface area (Å²) in [6.07, 6.45) is 4.07. The number of amides is 11. The summed E-state index contributed by atoms with van der Waals surface area (Å²) in [7, 11) is 9.43. The monoisotopic (exact) mass is 1240 g/mol. The molecule has 1 rings (SSSR count). The van der Waals surface area contributed by atoms with Crippen LogP contribution in [0.1, 0.15) is 156 Å². The van der Waals surface area contributed by atoms with E-state index in [1.54, 1.807) is 80.5 Å². The highest BCUT2D eigenvalue weighted by atomic mass is 16.3. The van der Waals surface area contributed by atoms with Gasteiger partial charge in [-0.3, -0.25) is 52.7 Å². The van der Waals surface area contributed by atoms with Crippen molar-refractivity contribution in [3.05, 3.63) is 36.1 Å². The predicted molar refractivity (Wildman–Crippen MR) is 339 cm³/mol. The highest BCUT2D eigenvalue weighted by molar-refractivity contribution is 6.02. The molecule has 0 aliphatic carbocycles. The van der Waals surface area contributed by atoms with Crippen LogP contribution in [0.2, 0.25) is 0 Å². The van der Waals surface area contributed by atoms with Crippen LogP contribution in [0.5, 0.6) is 0 Å². The Morgan fingerprint density at radius 3 is 1.59 bits per heavy atom. The van der Waals surface area contributed by atoms with Crippen LogP contribution < -0.4 is 21.3 Å². The summed E-state index contributed by atoms with van der Waals surface area (Å²) in [6.45, 7) is 32.4. The number of aliphatic hydroxyl groups excluding tert-OH is 1. The molecule has 1 fully saturated rings. The molecule has 0 unspecified atom stereocenters. The normalized spacial score (nSPS) is 26.4. The Kier molecular flexibility index (Phi) is 31.5. The maximum atomic E-state index is 15.2. The number of likely N-dealkylation sites (N-methyl/N-ethyl adjacent to an activating group) is 7. The lowest BCUT2D eigenvalue weighted by Crippen LogP contribution is -2.63. The van der Waals surface area contributed by atoms with Gasteiger partial charge in [0.2, 0.25) is 59.1 Å². The zero-order chi connectivity index (χ0) is 68.5. The van der Waals surface area contributed by atoms with Crippen molar-refractivity contribution in [2.45, 2.75) is 228 Å². The maximum absolute atomic E-state index is 15.2. The van der Waals surface area contributed by atoms with Gasteiger partial charge in [0.25, 0.3) is 5.91 Å². The fourth-order valence-electron chi connectivity index (χ4n) is 10.6. The second-order valence-corrected chi connectivity index (χ2v) is 26.4. The van der Waals surface area contributed by atoms with Gasteiger partial charge in [0.05, 0.1) is 11.7 Å². The van der Waals surface area contributed by atoms with Crippen molar-refractivity contribution < 1.29 is 63.0 Å². The van der Waals surface area contributed by atoms with Gasteiger partial charge < -0.3 is 65.8 Å². The van der Waals surface area contributed by atoms with Gasteiger partial charge >= 0.3 is 0 Å². The van der Waals surface area contributed by atoms with E-state index in [0.717, 1.165) is 19.6 Å². The highest BCUT2D eigenvalue weighted by Crippen LogP contribution is 2.26. The van der Waals surface area contributed by atoms with Crippen LogP contribution in [0.25, 0.3) is 0 Å². The number of nitrogens with one attached hydrogen (secondary N) is 4. The average Bonchev–Trinajstić information content (AvgIpc) is 3.18. The van der Waals surface area contributed by atoms with E-state index in [2.05, 4.69) is 27.8 Å². The number of carbonyl (C=O) groups is 11. The minimum Gasteiger partial charge on any atom is -0.390 e. The van der Waals surface area contributed by atoms with Crippen molar-refractivity contribution in [1.29, 1.82) is 0 Å². The molecule has 24 heteroatoms. The van der Waals surface area contributed by atoms with Gasteiger partial charge in [0, 0.05) is 55.8 Å². The largest absolute Gasteiger partial charge is 0.390 e. The standard InChI is InChI=1S/C64H111N11O13/c1-26-28-29-40(13)52(76)51-56(80)67-44(27-2)59(83)69(19)43(16)58(82)73(23)48(34-64(17,18)88)55(79)68-49(38(9)10)62(86)70(20)45(31-30-35(3)4)54(78)65-41(14)53(77)66-42(15)57(81)71(21)46(32-36(5)6)60(84)72(22)47(33-37(7)8)61(85)74(24)50(39(11)12)63(87)75(51)25/h26,28,32,35,37-42,44-52,76,88H,16,27,29-31,33-34H2,1-15,17-25H3,(H,65,78)(H,66,77)(H,67,80)(H,68,79)/b28-26+/t40-,41-,42+,44-,45-,46+,47+,48+,49-,50-,51+,52-/m1/s1. The second-order valence-electron chi connectivity index (χ2n) is 26.4. The number of aliphatic hydroxyl groups is 2. The van der Waals surface area contributed by atoms with Crippen molar-refractivity contribution in [1.82, 2.24) is 55.6 Å². The third-order valence-corrected chi connectivity index (χ3v) is 16.3. The van der Waals surface area contributed by atoms with Gasteiger partial charge in [0.15, 0.2) is 0 Å². The van der Waals surface area contributed by atoms with Crippen LogP contribution in [-0.4, -0.2) is 231 Å². The zero-order valence-electron chi connectivity index (χ0n) is 57.4. The molecule has 11 amide bonds. The summed E-state index contributed by atoms with van der Waals surface area (Å²) in [4.78, 5) is 169. The van der Waals surface area contributed by atoms with Crippen molar-refractivity contribution in [2.75, 3.05) is 49.3 Å². The molecule has 88 heavy (non-hydrogen) atoms. The Bertz CT molecular complexity index is 2540. The number of hydrogen-bond acceptors (Lipinski definition) is 13. The van der Waals surface area contributed by atoms with E-state index in [1.165, 1.54) is 91.7 Å². The van der Waals surface area contributed by atoms with Gasteiger partial charge in [-0.05, 0) is 110 Å². The zero-order valence-corrected chi connectivity index (χ0v) is 57.4. The van der Waals surface area contributed by atoms with E-state index in [-0.39, 0.29) is 43.9 Å². The molecular weight excluding hydrogens is 1130 g/mol. The molecule has 12 atom stereocenters. The van der Waals surface area contributed by atoms with Crippen molar-refractivity contribution >= 4 is 65.0 Å². The van der Waals surface area contributed by atoms with Crippen molar-refractivity contribution in [3.63, 3.8) is 0 Å². The predicted octanol–water partition coefficient (Wildman–Crippen LogP) is 3.21. The number of nitrogens with zero attached hydrogens (tertiary/aromatic N) is 7. The Labute approximate surface area is 525 Å². The Hall–Kier alpha value is -6.69. The van der Waals surface area contributed by atoms with E-state index in [9.17, 15) is 53.4 Å². The Morgan fingerprint density at radius 2 is 1.11 bits per heavy atom. The second kappa shape index (κ2) is 34.9. The molecule has 0 bridgehead atoms. The molecular formula is C64H111N11O13. The molecule has 6 N–H and O–H groups in total. The first-order chi connectivity index (χ1) is 40.4. The van der Waals surface area contributed by atoms with Crippen LogP contribution in [0.15, 0.2) is 36.1 Å². The molecule has 500 valence electrons. The van der Waals surface area contributed by atoms with Gasteiger partial charge in [-0.25, -0.2) is 0 Å². The molecule has 0 saturated carbocycles. The minimum atomic E-state index is -1.67. The highest BCUT2D eigenvalue weighted by Gasteiger charge is 2.46. The van der Waals surface area contributed by atoms with Gasteiger partial charge in [-0.2, -0.15) is 0 Å². The molecule has 24 nitrogen and oxygen atoms in total. The first-order valence-electron chi connectivity index (χ1n) is 30.9. The molecule has 1 heterocycles. The van der Waals surface area contributed by atoms with Crippen molar-refractivity contribution in [2.24, 2.45) is 29.6 Å². The number of rotatable bonds is 15. The summed E-state index contributed by atoms with van der Waals surface area (Å²) < 4.78 is 0. The summed E-state index contributed by atoms with van der Waals surface area (Å²) in [5.74, 6) is -10.6. The maximum Gasteiger partial charge on any atom is 0.270 e. The van der Waals surface area contributed by atoms with Gasteiger partial charge in [-0.15, -0.1) is 0 Å². The molecule has 1 saturated heterocycles. The first-order valence-corrected chi connectivity index (χ1v) is 30.9. The van der Waals surface area contributed by atoms with Gasteiger partial charge in [0.1, 0.15) is 66.1 Å². The Morgan fingerprint density at radius 1 is 0.591 bits per heavy atom. The lowest BCUT2D eigenvalue weighted by atomic mass is 9.91. The fraction of sp³-hybridized carbons (Fsp3) is 0.734. The van der Waals surface area contributed by atoms with Crippen LogP contribution in [0.4, 0.5) is 0 Å². The summed E-state index contributed by atoms with van der Waals surface area (Å²) in [5, 5.41) is 34.1. The number of carbonyl (C=O) groups excluding carboxylic acids is 11. The molecule has 0 radical (unpaired) electrons. The van der Waals surface area contributed by atoms with Crippen LogP contribution >= 0.6 is 0 Å². The molecule has 0 spiro atoms. The molecule has 0 aromatic carbocycles. The van der Waals surface area contributed by atoms with E-state index in [4.69, 9.17) is 0 Å². The molecule has 1 aliphatic rings. The van der Waals surface area contributed by atoms with Gasteiger partial charge in [-0.1, -0.05) is 99.6 Å². The average molecular weight is 1240 g/mol. The summed E-state index contributed by atoms with van der Waals surface area (Å²) in [6, 6.07) is -13.4. The summed E-state index contributed by atoms with van der Waals surface area (Å²) in [5.41, 5.74) is -1.41. The third kappa shape index (κ3) is 21.8. The third-order valence-electron chi connectivity index (χ3n) is 16.3. The smallest absolute Gasteiger partial charge is 0.270 e. The van der Waals surface area contributed by atoms with Crippen LogP contribution in [-0.2, 0) is 52.7 Å². The number of hydrogen-bond donors (Lipinski definition) is 6. The fourth-order valence-corrected chi connectivity index (χ4v) is 10.6. The van der Waals surface area contributed by atoms with Crippen molar-refractivity contribution in [3.8, 4) is 0 Å². The van der Waals surface area contributed by atoms with E-state index in [1.807, 2.05) is 27.7 Å². The first kappa shape index (κ1) is 79.3. The molecule has 0 aromatic rings. The lowest BCUT2D eigenvalue weighted by Gasteiger charge is -2.41. The molecule has 0 aromatic heterocycles. The SMILES string of the molecule is C=C1C(=O)N(C)[C@@H](CC(C)(C)O)C(=O)N[C@H](C(C)C)C(=O)N(C)[C@H](CCC(C)C)C(=O)N[C@H](C)C(=O)N[C@@H](C)C(=O)N(C)[C@@H](C=C(C)C)C(=O)N(C)[C@@H](CC(C)C)C(=O)N(C)[C@H](C(C)C)C(=O)N(C)[C@@H]([C@H](O)[C@H](C)C/C=C/C)C(=O)N[C@H](CC)C(=O)N1C. The summed E-state index contributed by atoms with van der Waals surface area (Å²) >= 11 is 0. The van der Waals surface area contributed by atoms with Crippen LogP contribution in [0.3, 0.4) is 0 Å². The lowest BCUT2D eigenvalue weighted by molar-refractivity contribution is -0.157. The van der Waals surface area contributed by atoms with E-state index >= 15 is 9.59 Å². The van der Waals surface area contributed by atoms with E-state index in [0.29, 0.717) is 12.0 Å². The topological polar surface area (TPSA) is 299 Å².